The van der Waals surface area contributed by atoms with E-state index in [-0.39, 0.29) is 30.2 Å². The average molecular weight is 339 g/mol. The number of rotatable bonds is 2. The number of nitrogens with zero attached hydrogens (tertiary/aromatic N) is 3. The van der Waals surface area contributed by atoms with Crippen LogP contribution in [-0.4, -0.2) is 40.2 Å². The maximum absolute atomic E-state index is 13.5. The summed E-state index contributed by atoms with van der Waals surface area (Å²) in [5.41, 5.74) is 2.24. The molecule has 0 bridgehead atoms. The molecule has 1 aromatic heterocycles. The minimum atomic E-state index is -0.284. The number of aryl methyl sites for hydroxylation is 1. The van der Waals surface area contributed by atoms with E-state index in [1.54, 1.807) is 21.8 Å². The van der Waals surface area contributed by atoms with Crippen molar-refractivity contribution in [3.05, 3.63) is 53.1 Å². The van der Waals surface area contributed by atoms with Crippen molar-refractivity contribution in [3.8, 4) is 0 Å². The number of nitrogens with one attached hydrogen (secondary N) is 1. The smallest absolute Gasteiger partial charge is 0.257 e. The number of piperazine rings is 1. The second-order valence-corrected chi connectivity index (χ2v) is 5.54. The van der Waals surface area contributed by atoms with Gasteiger partial charge in [0.2, 0.25) is 0 Å². The number of hydrogen-bond donors (Lipinski definition) is 1. The molecule has 124 valence electrons. The lowest BCUT2D eigenvalue weighted by atomic mass is 10.0. The van der Waals surface area contributed by atoms with Crippen molar-refractivity contribution in [1.82, 2.24) is 20.0 Å². The molecule has 1 N–H and O–H groups in total. The predicted molar refractivity (Wildman–Crippen MR) is 88.2 cm³/mol. The van der Waals surface area contributed by atoms with Crippen LogP contribution in [0.2, 0.25) is 0 Å². The van der Waals surface area contributed by atoms with E-state index >= 15 is 0 Å². The van der Waals surface area contributed by atoms with Crippen LogP contribution in [0, 0.1) is 12.7 Å². The molecule has 1 fully saturated rings. The predicted octanol–water partition coefficient (Wildman–Crippen LogP) is 2.08. The van der Waals surface area contributed by atoms with E-state index in [1.165, 1.54) is 12.1 Å². The summed E-state index contributed by atoms with van der Waals surface area (Å²) in [6, 6.07) is 6.27. The highest BCUT2D eigenvalue weighted by atomic mass is 35.5. The Morgan fingerprint density at radius 2 is 2.22 bits per heavy atom. The van der Waals surface area contributed by atoms with Gasteiger partial charge in [0.05, 0.1) is 17.8 Å². The van der Waals surface area contributed by atoms with E-state index in [0.29, 0.717) is 18.7 Å². The Bertz CT molecular complexity index is 703. The van der Waals surface area contributed by atoms with Crippen LogP contribution in [0.5, 0.6) is 0 Å². The topological polar surface area (TPSA) is 50.2 Å². The van der Waals surface area contributed by atoms with E-state index in [9.17, 15) is 9.18 Å². The zero-order valence-corrected chi connectivity index (χ0v) is 13.9. The van der Waals surface area contributed by atoms with Crippen molar-refractivity contribution >= 4 is 18.3 Å². The molecule has 1 aromatic carbocycles. The molecule has 5 nitrogen and oxygen atoms in total. The average Bonchev–Trinajstić information content (AvgIpc) is 2.86. The van der Waals surface area contributed by atoms with Crippen LogP contribution in [0.3, 0.4) is 0 Å². The maximum atomic E-state index is 13.5. The third kappa shape index (κ3) is 3.38. The largest absolute Gasteiger partial charge is 0.329 e. The Morgan fingerprint density at radius 1 is 1.43 bits per heavy atom. The van der Waals surface area contributed by atoms with E-state index in [1.807, 2.05) is 20.0 Å². The molecule has 23 heavy (non-hydrogen) atoms. The summed E-state index contributed by atoms with van der Waals surface area (Å²) in [6.45, 7) is 3.82. The SMILES string of the molecule is Cc1c(C(=O)N2CCNCC2c2cccc(F)c2)cnn1C.Cl. The summed E-state index contributed by atoms with van der Waals surface area (Å²) in [7, 11) is 1.81. The summed E-state index contributed by atoms with van der Waals surface area (Å²) in [5.74, 6) is -0.339. The zero-order chi connectivity index (χ0) is 15.7. The van der Waals surface area contributed by atoms with E-state index < -0.39 is 0 Å². The zero-order valence-electron chi connectivity index (χ0n) is 13.1. The second-order valence-electron chi connectivity index (χ2n) is 5.54. The number of carbonyl (C=O) groups excluding carboxylic acids is 1. The monoisotopic (exact) mass is 338 g/mol. The fourth-order valence-electron chi connectivity index (χ4n) is 2.82. The van der Waals surface area contributed by atoms with E-state index in [4.69, 9.17) is 0 Å². The van der Waals surface area contributed by atoms with Gasteiger partial charge in [-0.2, -0.15) is 5.10 Å². The molecule has 1 amide bonds. The van der Waals surface area contributed by atoms with Gasteiger partial charge in [-0.3, -0.25) is 9.48 Å². The molecule has 1 aliphatic rings. The van der Waals surface area contributed by atoms with Gasteiger partial charge in [0.1, 0.15) is 5.82 Å². The van der Waals surface area contributed by atoms with Gasteiger partial charge < -0.3 is 10.2 Å². The van der Waals surface area contributed by atoms with Crippen LogP contribution < -0.4 is 5.32 Å². The molecule has 2 aromatic rings. The van der Waals surface area contributed by atoms with Crippen LogP contribution in [-0.2, 0) is 7.05 Å². The highest BCUT2D eigenvalue weighted by molar-refractivity contribution is 5.95. The van der Waals surface area contributed by atoms with Gasteiger partial charge in [0.25, 0.3) is 5.91 Å². The van der Waals surface area contributed by atoms with Gasteiger partial charge in [0, 0.05) is 32.4 Å². The normalized spacial score (nSPS) is 17.7. The Hall–Kier alpha value is -1.92. The van der Waals surface area contributed by atoms with E-state index in [0.717, 1.165) is 17.8 Å². The molecule has 1 atom stereocenters. The number of benzene rings is 1. The fraction of sp³-hybridized carbons (Fsp3) is 0.375. The molecule has 1 saturated heterocycles. The summed E-state index contributed by atoms with van der Waals surface area (Å²) in [6.07, 6.45) is 1.60. The molecule has 0 spiro atoms. The van der Waals surface area contributed by atoms with Crippen LogP contribution in [0.1, 0.15) is 27.7 Å². The molecular formula is C16H20ClFN4O. The van der Waals surface area contributed by atoms with Crippen LogP contribution in [0.4, 0.5) is 4.39 Å². The van der Waals surface area contributed by atoms with Crippen molar-refractivity contribution in [3.63, 3.8) is 0 Å². The van der Waals surface area contributed by atoms with E-state index in [2.05, 4.69) is 10.4 Å². The molecule has 1 unspecified atom stereocenters. The molecule has 1 aliphatic heterocycles. The lowest BCUT2D eigenvalue weighted by molar-refractivity contribution is 0.0633. The quantitative estimate of drug-likeness (QED) is 0.912. The Morgan fingerprint density at radius 3 is 2.87 bits per heavy atom. The maximum Gasteiger partial charge on any atom is 0.257 e. The first-order valence-corrected chi connectivity index (χ1v) is 7.33. The van der Waals surface area contributed by atoms with Crippen LogP contribution >= 0.6 is 12.4 Å². The minimum absolute atomic E-state index is 0. The molecule has 0 radical (unpaired) electrons. The van der Waals surface area contributed by atoms with Crippen molar-refractivity contribution in [2.75, 3.05) is 19.6 Å². The molecule has 0 saturated carbocycles. The summed E-state index contributed by atoms with van der Waals surface area (Å²) in [4.78, 5) is 14.7. The second kappa shape index (κ2) is 7.10. The Kier molecular flexibility index (Phi) is 5.38. The first kappa shape index (κ1) is 17.4. The minimum Gasteiger partial charge on any atom is -0.329 e. The third-order valence-electron chi connectivity index (χ3n) is 4.20. The summed E-state index contributed by atoms with van der Waals surface area (Å²) >= 11 is 0. The molecule has 3 rings (SSSR count). The Balaban J connectivity index is 0.00000192. The van der Waals surface area contributed by atoms with Gasteiger partial charge >= 0.3 is 0 Å². The molecule has 2 heterocycles. The number of carbonyl (C=O) groups is 1. The van der Waals surface area contributed by atoms with Gasteiger partial charge in [-0.1, -0.05) is 12.1 Å². The number of aromatic nitrogens is 2. The van der Waals surface area contributed by atoms with Crippen LogP contribution in [0.15, 0.2) is 30.5 Å². The number of halogens is 2. The van der Waals surface area contributed by atoms with Crippen molar-refractivity contribution in [2.24, 2.45) is 7.05 Å². The van der Waals surface area contributed by atoms with Gasteiger partial charge in [0.15, 0.2) is 0 Å². The summed E-state index contributed by atoms with van der Waals surface area (Å²) in [5, 5.41) is 7.41. The summed E-state index contributed by atoms with van der Waals surface area (Å²) < 4.78 is 15.2. The number of hydrogen-bond acceptors (Lipinski definition) is 3. The van der Waals surface area contributed by atoms with Gasteiger partial charge in [-0.25, -0.2) is 4.39 Å². The highest BCUT2D eigenvalue weighted by Gasteiger charge is 2.30. The van der Waals surface area contributed by atoms with Crippen molar-refractivity contribution in [1.29, 1.82) is 0 Å². The lowest BCUT2D eigenvalue weighted by Crippen LogP contribution is -2.48. The van der Waals surface area contributed by atoms with Crippen molar-refractivity contribution in [2.45, 2.75) is 13.0 Å². The fourth-order valence-corrected chi connectivity index (χ4v) is 2.82. The number of amides is 1. The molecular weight excluding hydrogens is 319 g/mol. The first-order chi connectivity index (χ1) is 10.6. The van der Waals surface area contributed by atoms with Gasteiger partial charge in [-0.05, 0) is 24.6 Å². The highest BCUT2D eigenvalue weighted by Crippen LogP contribution is 2.25. The third-order valence-corrected chi connectivity index (χ3v) is 4.20. The molecule has 7 heteroatoms. The Labute approximate surface area is 140 Å². The first-order valence-electron chi connectivity index (χ1n) is 7.33. The standard InChI is InChI=1S/C16H19FN4O.ClH/c1-11-14(9-19-20(11)2)16(22)21-7-6-18-10-15(21)12-4-3-5-13(17)8-12;/h3-5,8-9,15,18H,6-7,10H2,1-2H3;1H. The van der Waals surface area contributed by atoms with Crippen LogP contribution in [0.25, 0.3) is 0 Å². The molecule has 0 aliphatic carbocycles. The van der Waals surface area contributed by atoms with Gasteiger partial charge in [-0.15, -0.1) is 12.4 Å². The van der Waals surface area contributed by atoms with Crippen molar-refractivity contribution < 1.29 is 9.18 Å². The lowest BCUT2D eigenvalue weighted by Gasteiger charge is -2.36.